The summed E-state index contributed by atoms with van der Waals surface area (Å²) in [6.45, 7) is 6.64. The van der Waals surface area contributed by atoms with E-state index >= 15 is 0 Å². The molecule has 1 aliphatic rings. The molecule has 1 heteroatoms. The summed E-state index contributed by atoms with van der Waals surface area (Å²) in [6.07, 6.45) is 11.0. The van der Waals surface area contributed by atoms with Crippen LogP contribution in [0.3, 0.4) is 0 Å². The van der Waals surface area contributed by atoms with Gasteiger partial charge in [0, 0.05) is 12.4 Å². The molecule has 114 valence electrons. The average Bonchev–Trinajstić information content (AvgIpc) is 2.56. The highest BCUT2D eigenvalue weighted by molar-refractivity contribution is 5.70. The Morgan fingerprint density at radius 2 is 2.05 bits per heavy atom. The van der Waals surface area contributed by atoms with Gasteiger partial charge in [-0.3, -0.25) is 4.98 Å². The van der Waals surface area contributed by atoms with Gasteiger partial charge in [-0.2, -0.15) is 0 Å². The zero-order valence-electron chi connectivity index (χ0n) is 13.5. The van der Waals surface area contributed by atoms with Gasteiger partial charge in [0.05, 0.1) is 0 Å². The number of allylic oxidation sites excluding steroid dienone is 1. The zero-order valence-corrected chi connectivity index (χ0v) is 13.5. The molecule has 0 fully saturated rings. The van der Waals surface area contributed by atoms with E-state index < -0.39 is 0 Å². The summed E-state index contributed by atoms with van der Waals surface area (Å²) in [5.74, 6) is 0.693. The van der Waals surface area contributed by atoms with E-state index in [0.717, 1.165) is 12.8 Å². The standard InChI is InChI=1S/C21H25N/c1-3-5-19-10-11-20-14-17(9-12-21(20)16(19)2)7-8-18-6-4-13-22-15-18/h4,6,9,12-15,19H,2-3,5,7-8,10-11H2,1H3. The van der Waals surface area contributed by atoms with Crippen LogP contribution in [0.1, 0.15) is 48.4 Å². The molecule has 0 spiro atoms. The van der Waals surface area contributed by atoms with E-state index in [2.05, 4.69) is 42.8 Å². The number of rotatable bonds is 5. The van der Waals surface area contributed by atoms with Crippen molar-refractivity contribution in [1.82, 2.24) is 4.98 Å². The van der Waals surface area contributed by atoms with Crippen molar-refractivity contribution in [1.29, 1.82) is 0 Å². The lowest BCUT2D eigenvalue weighted by Crippen LogP contribution is -2.13. The van der Waals surface area contributed by atoms with Crippen molar-refractivity contribution in [2.75, 3.05) is 0 Å². The molecule has 2 aromatic rings. The third kappa shape index (κ3) is 3.30. The molecule has 22 heavy (non-hydrogen) atoms. The van der Waals surface area contributed by atoms with Gasteiger partial charge in [-0.1, -0.05) is 44.2 Å². The quantitative estimate of drug-likeness (QED) is 0.734. The summed E-state index contributed by atoms with van der Waals surface area (Å²) in [5, 5.41) is 0. The van der Waals surface area contributed by atoms with Crippen molar-refractivity contribution in [3.8, 4) is 0 Å². The molecule has 0 amide bonds. The molecule has 3 rings (SSSR count). The Morgan fingerprint density at radius 1 is 1.18 bits per heavy atom. The van der Waals surface area contributed by atoms with Crippen LogP contribution >= 0.6 is 0 Å². The molecule has 1 aromatic heterocycles. The molecule has 1 nitrogen and oxygen atoms in total. The van der Waals surface area contributed by atoms with Gasteiger partial charge in [0.25, 0.3) is 0 Å². The van der Waals surface area contributed by atoms with Gasteiger partial charge >= 0.3 is 0 Å². The summed E-state index contributed by atoms with van der Waals surface area (Å²) in [6, 6.07) is 11.2. The highest BCUT2D eigenvalue weighted by Gasteiger charge is 2.21. The van der Waals surface area contributed by atoms with Crippen LogP contribution in [0.5, 0.6) is 0 Å². The van der Waals surface area contributed by atoms with Crippen molar-refractivity contribution in [3.05, 3.63) is 71.6 Å². The van der Waals surface area contributed by atoms with E-state index in [-0.39, 0.29) is 0 Å². The van der Waals surface area contributed by atoms with E-state index in [0.29, 0.717) is 5.92 Å². The number of hydrogen-bond donors (Lipinski definition) is 0. The molecular formula is C21H25N. The van der Waals surface area contributed by atoms with E-state index in [1.807, 2.05) is 18.5 Å². The first kappa shape index (κ1) is 15.0. The second-order valence-electron chi connectivity index (χ2n) is 6.40. The second-order valence-corrected chi connectivity index (χ2v) is 6.40. The van der Waals surface area contributed by atoms with Crippen LogP contribution in [0, 0.1) is 5.92 Å². The fraction of sp³-hybridized carbons (Fsp3) is 0.381. The van der Waals surface area contributed by atoms with Crippen LogP contribution < -0.4 is 0 Å². The lowest BCUT2D eigenvalue weighted by Gasteiger charge is -2.27. The van der Waals surface area contributed by atoms with Crippen molar-refractivity contribution < 1.29 is 0 Å². The number of nitrogens with zero attached hydrogens (tertiary/aromatic N) is 1. The Balaban J connectivity index is 1.71. The maximum Gasteiger partial charge on any atom is 0.0299 e. The summed E-state index contributed by atoms with van der Waals surface area (Å²) in [5.41, 5.74) is 7.02. The first-order valence-corrected chi connectivity index (χ1v) is 8.47. The molecule has 0 bridgehead atoms. The van der Waals surface area contributed by atoms with Crippen LogP contribution in [0.15, 0.2) is 49.3 Å². The fourth-order valence-electron chi connectivity index (χ4n) is 3.55. The average molecular weight is 291 g/mol. The molecule has 1 atom stereocenters. The van der Waals surface area contributed by atoms with Gasteiger partial charge in [0.1, 0.15) is 0 Å². The Hall–Kier alpha value is -1.89. The number of pyridine rings is 1. The van der Waals surface area contributed by atoms with Crippen LogP contribution in [0.4, 0.5) is 0 Å². The molecule has 0 N–H and O–H groups in total. The van der Waals surface area contributed by atoms with Crippen LogP contribution in [0.25, 0.3) is 5.57 Å². The number of aryl methyl sites for hydroxylation is 3. The Labute approximate surface area is 134 Å². The molecular weight excluding hydrogens is 266 g/mol. The van der Waals surface area contributed by atoms with Gasteiger partial charge in [-0.05, 0) is 71.9 Å². The molecule has 0 aliphatic heterocycles. The van der Waals surface area contributed by atoms with Crippen LogP contribution in [-0.2, 0) is 19.3 Å². The molecule has 0 saturated heterocycles. The minimum absolute atomic E-state index is 0.693. The maximum atomic E-state index is 4.37. The monoisotopic (exact) mass is 291 g/mol. The van der Waals surface area contributed by atoms with Gasteiger partial charge in [0.15, 0.2) is 0 Å². The summed E-state index contributed by atoms with van der Waals surface area (Å²) >= 11 is 0. The van der Waals surface area contributed by atoms with Gasteiger partial charge in [0.2, 0.25) is 0 Å². The van der Waals surface area contributed by atoms with E-state index in [4.69, 9.17) is 0 Å². The molecule has 1 heterocycles. The predicted molar refractivity (Wildman–Crippen MR) is 93.8 cm³/mol. The molecule has 1 aromatic carbocycles. The second kappa shape index (κ2) is 6.91. The number of aromatic nitrogens is 1. The summed E-state index contributed by atoms with van der Waals surface area (Å²) in [7, 11) is 0. The van der Waals surface area contributed by atoms with Gasteiger partial charge < -0.3 is 0 Å². The minimum Gasteiger partial charge on any atom is -0.264 e. The van der Waals surface area contributed by atoms with Gasteiger partial charge in [-0.15, -0.1) is 0 Å². The van der Waals surface area contributed by atoms with E-state index in [9.17, 15) is 0 Å². The molecule has 0 saturated carbocycles. The normalized spacial score (nSPS) is 17.3. The minimum atomic E-state index is 0.693. The summed E-state index contributed by atoms with van der Waals surface area (Å²) in [4.78, 5) is 4.19. The van der Waals surface area contributed by atoms with Gasteiger partial charge in [-0.25, -0.2) is 0 Å². The van der Waals surface area contributed by atoms with Crippen molar-refractivity contribution in [2.45, 2.75) is 45.4 Å². The third-order valence-electron chi connectivity index (χ3n) is 4.83. The first-order chi connectivity index (χ1) is 10.8. The van der Waals surface area contributed by atoms with Crippen molar-refractivity contribution in [2.24, 2.45) is 5.92 Å². The zero-order chi connectivity index (χ0) is 15.4. The van der Waals surface area contributed by atoms with Crippen molar-refractivity contribution in [3.63, 3.8) is 0 Å². The smallest absolute Gasteiger partial charge is 0.0299 e. The number of hydrogen-bond acceptors (Lipinski definition) is 1. The van der Waals surface area contributed by atoms with Crippen LogP contribution in [0.2, 0.25) is 0 Å². The lowest BCUT2D eigenvalue weighted by atomic mass is 9.78. The Morgan fingerprint density at radius 3 is 2.82 bits per heavy atom. The van der Waals surface area contributed by atoms with E-state index in [1.165, 1.54) is 53.5 Å². The molecule has 1 aliphatic carbocycles. The SMILES string of the molecule is C=C1c2ccc(CCc3cccnc3)cc2CCC1CCC. The van der Waals surface area contributed by atoms with Crippen molar-refractivity contribution >= 4 is 5.57 Å². The topological polar surface area (TPSA) is 12.9 Å². The first-order valence-electron chi connectivity index (χ1n) is 8.47. The Bertz CT molecular complexity index is 642. The fourth-order valence-corrected chi connectivity index (χ4v) is 3.55. The highest BCUT2D eigenvalue weighted by Crippen LogP contribution is 2.37. The predicted octanol–water partition coefficient (Wildman–Crippen LogP) is 5.24. The number of benzene rings is 1. The lowest BCUT2D eigenvalue weighted by molar-refractivity contribution is 0.539. The largest absolute Gasteiger partial charge is 0.264 e. The number of fused-ring (bicyclic) bond motifs is 1. The molecule has 1 unspecified atom stereocenters. The van der Waals surface area contributed by atoms with Crippen LogP contribution in [-0.4, -0.2) is 4.98 Å². The highest BCUT2D eigenvalue weighted by atomic mass is 14.6. The third-order valence-corrected chi connectivity index (χ3v) is 4.83. The maximum absolute atomic E-state index is 4.37. The molecule has 0 radical (unpaired) electrons. The Kier molecular flexibility index (Phi) is 4.72. The van der Waals surface area contributed by atoms with E-state index in [1.54, 1.807) is 0 Å². The summed E-state index contributed by atoms with van der Waals surface area (Å²) < 4.78 is 0.